The summed E-state index contributed by atoms with van der Waals surface area (Å²) in [5, 5.41) is 0. The Balaban J connectivity index is 3.44. The molecule has 2 atom stereocenters. The molecule has 0 fully saturated rings. The molecule has 0 spiro atoms. The second-order valence-electron chi connectivity index (χ2n) is 3.37. The predicted octanol–water partition coefficient (Wildman–Crippen LogP) is 2.44. The lowest BCUT2D eigenvalue weighted by Crippen LogP contribution is -2.15. The van der Waals surface area contributed by atoms with Crippen LogP contribution in [0.25, 0.3) is 0 Å². The Morgan fingerprint density at radius 2 is 2.08 bits per heavy atom. The van der Waals surface area contributed by atoms with Crippen LogP contribution >= 0.6 is 0 Å². The van der Waals surface area contributed by atoms with E-state index >= 15 is 0 Å². The smallest absolute Gasteiger partial charge is 0.308 e. The van der Waals surface area contributed by atoms with Crippen molar-refractivity contribution in [3.8, 4) is 0 Å². The van der Waals surface area contributed by atoms with Gasteiger partial charge in [0.2, 0.25) is 0 Å². The largest absolute Gasteiger partial charge is 0.465 e. The van der Waals surface area contributed by atoms with E-state index in [2.05, 4.69) is 6.92 Å². The lowest BCUT2D eigenvalue weighted by atomic mass is 10.1. The minimum absolute atomic E-state index is 0.0325. The number of hydrogen-bond acceptors (Lipinski definition) is 2. The second-order valence-corrected chi connectivity index (χ2v) is 3.37. The van der Waals surface area contributed by atoms with Crippen molar-refractivity contribution < 1.29 is 9.53 Å². The van der Waals surface area contributed by atoms with Crippen molar-refractivity contribution >= 4 is 5.97 Å². The zero-order valence-electron chi connectivity index (χ0n) is 8.30. The minimum atomic E-state index is -0.0850. The maximum atomic E-state index is 11.1. The van der Waals surface area contributed by atoms with E-state index in [0.717, 1.165) is 12.8 Å². The first kappa shape index (κ1) is 11.5. The van der Waals surface area contributed by atoms with Gasteiger partial charge in [-0.1, -0.05) is 27.7 Å². The fraction of sp³-hybridized carbons (Fsp3) is 0.800. The lowest BCUT2D eigenvalue weighted by molar-refractivity contribution is -0.148. The molecular weight excluding hydrogens is 152 g/mol. The van der Waals surface area contributed by atoms with Crippen LogP contribution in [0.2, 0.25) is 0 Å². The van der Waals surface area contributed by atoms with E-state index in [1.807, 2.05) is 20.8 Å². The van der Waals surface area contributed by atoms with Gasteiger partial charge in [0, 0.05) is 0 Å². The van der Waals surface area contributed by atoms with Crippen molar-refractivity contribution in [3.63, 3.8) is 0 Å². The predicted molar refractivity (Wildman–Crippen MR) is 49.6 cm³/mol. The zero-order valence-corrected chi connectivity index (χ0v) is 8.30. The molecule has 0 aliphatic carbocycles. The van der Waals surface area contributed by atoms with Crippen molar-refractivity contribution in [3.05, 3.63) is 6.92 Å². The number of esters is 1. The van der Waals surface area contributed by atoms with Crippen LogP contribution < -0.4 is 0 Å². The highest BCUT2D eigenvalue weighted by Crippen LogP contribution is 2.05. The Kier molecular flexibility index (Phi) is 5.77. The first-order valence-corrected chi connectivity index (χ1v) is 4.57. The van der Waals surface area contributed by atoms with Crippen LogP contribution in [-0.2, 0) is 9.53 Å². The third-order valence-corrected chi connectivity index (χ3v) is 1.87. The monoisotopic (exact) mass is 171 g/mol. The maximum absolute atomic E-state index is 11.1. The summed E-state index contributed by atoms with van der Waals surface area (Å²) in [7, 11) is 0. The van der Waals surface area contributed by atoms with Crippen LogP contribution in [-0.4, -0.2) is 12.6 Å². The van der Waals surface area contributed by atoms with Crippen LogP contribution in [0, 0.1) is 18.8 Å². The third-order valence-electron chi connectivity index (χ3n) is 1.87. The standard InChI is InChI=1S/C10H19O2/c1-5-9(4)10(11)12-7-6-8(2)3/h8-9H,2,5-7H2,1,3-4H3. The van der Waals surface area contributed by atoms with Crippen LogP contribution in [0.15, 0.2) is 0 Å². The number of hydrogen-bond donors (Lipinski definition) is 0. The van der Waals surface area contributed by atoms with Crippen molar-refractivity contribution in [1.82, 2.24) is 0 Å². The molecule has 0 bridgehead atoms. The van der Waals surface area contributed by atoms with E-state index in [0.29, 0.717) is 12.5 Å². The molecule has 71 valence electrons. The van der Waals surface area contributed by atoms with Gasteiger partial charge < -0.3 is 4.74 Å². The molecule has 0 N–H and O–H groups in total. The van der Waals surface area contributed by atoms with E-state index in [-0.39, 0.29) is 11.9 Å². The molecule has 0 rings (SSSR count). The molecule has 1 radical (unpaired) electrons. The average molecular weight is 171 g/mol. The van der Waals surface area contributed by atoms with Crippen LogP contribution in [0.4, 0.5) is 0 Å². The highest BCUT2D eigenvalue weighted by Gasteiger charge is 2.11. The number of carbonyl (C=O) groups excluding carboxylic acids is 1. The summed E-state index contributed by atoms with van der Waals surface area (Å²) in [6, 6.07) is 0. The molecule has 12 heavy (non-hydrogen) atoms. The van der Waals surface area contributed by atoms with Gasteiger partial charge in [-0.2, -0.15) is 0 Å². The van der Waals surface area contributed by atoms with Gasteiger partial charge in [0.05, 0.1) is 12.5 Å². The van der Waals surface area contributed by atoms with Crippen molar-refractivity contribution in [2.24, 2.45) is 11.8 Å². The summed E-state index contributed by atoms with van der Waals surface area (Å²) in [6.45, 7) is 10.2. The highest BCUT2D eigenvalue weighted by atomic mass is 16.5. The summed E-state index contributed by atoms with van der Waals surface area (Å²) >= 11 is 0. The summed E-state index contributed by atoms with van der Waals surface area (Å²) < 4.78 is 5.03. The van der Waals surface area contributed by atoms with Crippen LogP contribution in [0.5, 0.6) is 0 Å². The number of rotatable bonds is 5. The van der Waals surface area contributed by atoms with E-state index < -0.39 is 0 Å². The van der Waals surface area contributed by atoms with Gasteiger partial charge in [-0.05, 0) is 18.8 Å². The average Bonchev–Trinajstić information content (AvgIpc) is 2.02. The fourth-order valence-corrected chi connectivity index (χ4v) is 0.670. The molecule has 2 heteroatoms. The zero-order chi connectivity index (χ0) is 9.56. The molecule has 0 aliphatic heterocycles. The SMILES string of the molecule is [CH2]C(C)CCOC(=O)C(C)CC. The molecule has 0 amide bonds. The second kappa shape index (κ2) is 6.04. The molecule has 0 aromatic rings. The molecule has 0 saturated heterocycles. The van der Waals surface area contributed by atoms with E-state index in [9.17, 15) is 4.79 Å². The summed E-state index contributed by atoms with van der Waals surface area (Å²) in [4.78, 5) is 11.1. The molecule has 0 aromatic carbocycles. The van der Waals surface area contributed by atoms with Gasteiger partial charge in [-0.25, -0.2) is 0 Å². The van der Waals surface area contributed by atoms with Gasteiger partial charge >= 0.3 is 5.97 Å². The number of carbonyl (C=O) groups is 1. The summed E-state index contributed by atoms with van der Waals surface area (Å²) in [5.41, 5.74) is 0. The molecule has 0 saturated carbocycles. The van der Waals surface area contributed by atoms with Crippen molar-refractivity contribution in [2.45, 2.75) is 33.6 Å². The normalized spacial score (nSPS) is 13.1. The summed E-state index contributed by atoms with van der Waals surface area (Å²) in [6.07, 6.45) is 1.70. The van der Waals surface area contributed by atoms with Gasteiger partial charge in [0.1, 0.15) is 0 Å². The minimum Gasteiger partial charge on any atom is -0.465 e. The number of ether oxygens (including phenoxy) is 1. The Hall–Kier alpha value is -0.530. The Bertz CT molecular complexity index is 130. The Morgan fingerprint density at radius 3 is 2.50 bits per heavy atom. The molecule has 2 unspecified atom stereocenters. The van der Waals surface area contributed by atoms with Crippen LogP contribution in [0.3, 0.4) is 0 Å². The fourth-order valence-electron chi connectivity index (χ4n) is 0.670. The third kappa shape index (κ3) is 5.16. The molecule has 0 heterocycles. The quantitative estimate of drug-likeness (QED) is 0.594. The van der Waals surface area contributed by atoms with Gasteiger partial charge in [0.25, 0.3) is 0 Å². The van der Waals surface area contributed by atoms with E-state index in [1.54, 1.807) is 0 Å². The van der Waals surface area contributed by atoms with Gasteiger partial charge in [0.15, 0.2) is 0 Å². The molecule has 0 aromatic heterocycles. The molecular formula is C10H19O2. The maximum Gasteiger partial charge on any atom is 0.308 e. The first-order chi connectivity index (χ1) is 5.57. The van der Waals surface area contributed by atoms with Gasteiger partial charge in [-0.3, -0.25) is 4.79 Å². The van der Waals surface area contributed by atoms with Crippen LogP contribution in [0.1, 0.15) is 33.6 Å². The highest BCUT2D eigenvalue weighted by molar-refractivity contribution is 5.71. The van der Waals surface area contributed by atoms with Gasteiger partial charge in [-0.15, -0.1) is 0 Å². The molecule has 0 aliphatic rings. The van der Waals surface area contributed by atoms with E-state index in [1.165, 1.54) is 0 Å². The first-order valence-electron chi connectivity index (χ1n) is 4.57. The summed E-state index contributed by atoms with van der Waals surface area (Å²) in [5.74, 6) is 0.304. The van der Waals surface area contributed by atoms with Crippen molar-refractivity contribution in [1.29, 1.82) is 0 Å². The molecule has 2 nitrogen and oxygen atoms in total. The topological polar surface area (TPSA) is 26.3 Å². The lowest BCUT2D eigenvalue weighted by Gasteiger charge is -2.09. The Labute approximate surface area is 75.3 Å². The van der Waals surface area contributed by atoms with Crippen molar-refractivity contribution in [2.75, 3.05) is 6.61 Å². The Morgan fingerprint density at radius 1 is 1.50 bits per heavy atom. The van der Waals surface area contributed by atoms with E-state index in [4.69, 9.17) is 4.74 Å².